The average molecular weight is 559 g/mol. The maximum Gasteiger partial charge on any atom is 0.306 e. The molecule has 3 N–H and O–H groups in total. The lowest BCUT2D eigenvalue weighted by molar-refractivity contribution is -0.448. The van der Waals surface area contributed by atoms with E-state index in [0.29, 0.717) is 12.0 Å². The summed E-state index contributed by atoms with van der Waals surface area (Å²) in [5.41, 5.74) is -9.11. The van der Waals surface area contributed by atoms with Crippen molar-refractivity contribution in [3.8, 4) is 0 Å². The van der Waals surface area contributed by atoms with E-state index in [-0.39, 0.29) is 37.9 Å². The summed E-state index contributed by atoms with van der Waals surface area (Å²) in [6.45, 7) is 7.19. The number of aliphatic carboxylic acids is 1. The van der Waals surface area contributed by atoms with E-state index in [9.17, 15) is 29.7 Å². The number of ketones is 1. The molecule has 12 atom stereocenters. The van der Waals surface area contributed by atoms with E-state index < -0.39 is 80.6 Å². The number of aliphatic hydroxyl groups excluding tert-OH is 1. The molecule has 7 aliphatic rings. The zero-order valence-electron chi connectivity index (χ0n) is 22.9. The molecule has 11 heteroatoms. The van der Waals surface area contributed by atoms with Crippen molar-refractivity contribution in [1.82, 2.24) is 0 Å². The quantitative estimate of drug-likeness (QED) is 0.367. The van der Waals surface area contributed by atoms with Crippen molar-refractivity contribution in [1.29, 1.82) is 0 Å². The van der Waals surface area contributed by atoms with Gasteiger partial charge in [0, 0.05) is 41.9 Å². The SMILES string of the molecule is CC12OC34CC5(C)C(O)C(O)(C3)C3OC(=O)CC6C(C)(C(=O)c7ccoc7)CCC(O1)(C63O2)C4(C)C5CC(=O)O. The highest BCUT2D eigenvalue weighted by molar-refractivity contribution is 6.01. The molecule has 216 valence electrons. The number of furan rings is 1. The van der Waals surface area contributed by atoms with Crippen molar-refractivity contribution in [2.75, 3.05) is 0 Å². The van der Waals surface area contributed by atoms with Crippen molar-refractivity contribution in [3.63, 3.8) is 0 Å². The summed E-state index contributed by atoms with van der Waals surface area (Å²) in [7, 11) is 0. The molecule has 0 radical (unpaired) electrons. The van der Waals surface area contributed by atoms with Gasteiger partial charge in [0.25, 0.3) is 5.97 Å². The van der Waals surface area contributed by atoms with Crippen LogP contribution in [0.5, 0.6) is 0 Å². The predicted octanol–water partition coefficient (Wildman–Crippen LogP) is 2.18. The summed E-state index contributed by atoms with van der Waals surface area (Å²) < 4.78 is 31.8. The first kappa shape index (κ1) is 25.4. The summed E-state index contributed by atoms with van der Waals surface area (Å²) in [6, 6.07) is 1.58. The van der Waals surface area contributed by atoms with Gasteiger partial charge in [-0.3, -0.25) is 14.4 Å². The van der Waals surface area contributed by atoms with Gasteiger partial charge in [-0.25, -0.2) is 0 Å². The maximum absolute atomic E-state index is 14.2. The number of carboxylic acids is 1. The van der Waals surface area contributed by atoms with E-state index in [1.54, 1.807) is 26.8 Å². The number of carbonyl (C=O) groups is 3. The van der Waals surface area contributed by atoms with Crippen molar-refractivity contribution in [2.45, 2.75) is 107 Å². The molecular formula is C29H34O11. The summed E-state index contributed by atoms with van der Waals surface area (Å²) in [5.74, 6) is -5.01. The van der Waals surface area contributed by atoms with Crippen LogP contribution in [0.2, 0.25) is 0 Å². The predicted molar refractivity (Wildman–Crippen MR) is 130 cm³/mol. The van der Waals surface area contributed by atoms with Crippen LogP contribution in [0.3, 0.4) is 0 Å². The fourth-order valence-corrected chi connectivity index (χ4v) is 11.6. The molecule has 1 aromatic heterocycles. The number of Topliss-reactive ketones (excluding diaryl/α,β-unsaturated/α-hetero) is 1. The number of ether oxygens (including phenoxy) is 4. The Balaban J connectivity index is 1.46. The second-order valence-electron chi connectivity index (χ2n) is 14.3. The Bertz CT molecular complexity index is 1390. The number of carbonyl (C=O) groups excluding carboxylic acids is 2. The van der Waals surface area contributed by atoms with Gasteiger partial charge in [0.2, 0.25) is 0 Å². The second-order valence-corrected chi connectivity index (χ2v) is 14.3. The number of aliphatic hydroxyl groups is 2. The first-order valence-electron chi connectivity index (χ1n) is 14.1. The van der Waals surface area contributed by atoms with Gasteiger partial charge in [0.15, 0.2) is 11.9 Å². The minimum Gasteiger partial charge on any atom is -0.481 e. The third-order valence-electron chi connectivity index (χ3n) is 12.8. The number of carboxylic acid groups (broad SMARTS) is 1. The fourth-order valence-electron chi connectivity index (χ4n) is 11.6. The topological polar surface area (TPSA) is 162 Å². The molecule has 0 aromatic carbocycles. The largest absolute Gasteiger partial charge is 0.481 e. The van der Waals surface area contributed by atoms with E-state index in [1.165, 1.54) is 12.5 Å². The van der Waals surface area contributed by atoms with Crippen molar-refractivity contribution < 1.29 is 53.1 Å². The maximum atomic E-state index is 14.2. The summed E-state index contributed by atoms with van der Waals surface area (Å²) >= 11 is 0. The second kappa shape index (κ2) is 6.67. The molecule has 3 saturated heterocycles. The minimum atomic E-state index is -2.05. The van der Waals surface area contributed by atoms with Crippen LogP contribution >= 0.6 is 0 Å². The molecule has 3 spiro atoms. The average Bonchev–Trinajstić information content (AvgIpc) is 3.51. The van der Waals surface area contributed by atoms with Crippen LogP contribution < -0.4 is 0 Å². The monoisotopic (exact) mass is 558 g/mol. The Hall–Kier alpha value is -2.31. The number of esters is 1. The third kappa shape index (κ3) is 2.23. The van der Waals surface area contributed by atoms with Crippen LogP contribution in [0.1, 0.15) is 76.6 Å². The summed E-state index contributed by atoms with van der Waals surface area (Å²) in [6.07, 6.45) is 0.237. The standard InChI is InChI=1S/C29H34O11/c1-22(19(33)14-5-8-36-11-14)6-7-28-24(3)15(9-17(30)31)23(2)12-26(24)13-27(35,20(23)34)21-29(28,16(22)10-18(32)37-21)40-25(4,38-26)39-28/h5,8,11,15-16,20-21,34-35H,6-7,9-10,12-13H2,1-4H3,(H,30,31). The van der Waals surface area contributed by atoms with Gasteiger partial charge < -0.3 is 38.7 Å². The molecule has 5 bridgehead atoms. The molecule has 12 unspecified atom stereocenters. The molecule has 7 fully saturated rings. The van der Waals surface area contributed by atoms with E-state index in [2.05, 4.69) is 0 Å². The van der Waals surface area contributed by atoms with E-state index in [4.69, 9.17) is 23.4 Å². The lowest BCUT2D eigenvalue weighted by Gasteiger charge is -2.67. The van der Waals surface area contributed by atoms with E-state index >= 15 is 0 Å². The normalized spacial score (nSPS) is 58.4. The minimum absolute atomic E-state index is 0.0910. The van der Waals surface area contributed by atoms with Crippen LogP contribution in [0, 0.1) is 28.1 Å². The Morgan fingerprint density at radius 2 is 1.82 bits per heavy atom. The lowest BCUT2D eigenvalue weighted by atomic mass is 9.41. The Morgan fingerprint density at radius 3 is 2.50 bits per heavy atom. The van der Waals surface area contributed by atoms with Gasteiger partial charge in [-0.15, -0.1) is 0 Å². The number of rotatable bonds is 4. The van der Waals surface area contributed by atoms with E-state index in [1.807, 2.05) is 6.92 Å². The molecule has 8 rings (SSSR count). The van der Waals surface area contributed by atoms with Gasteiger partial charge in [-0.2, -0.15) is 0 Å². The Morgan fingerprint density at radius 1 is 1.07 bits per heavy atom. The lowest BCUT2D eigenvalue weighted by Crippen LogP contribution is -2.82. The van der Waals surface area contributed by atoms with E-state index in [0.717, 1.165) is 0 Å². The molecular weight excluding hydrogens is 524 g/mol. The Kier molecular flexibility index (Phi) is 4.24. The first-order valence-corrected chi connectivity index (χ1v) is 14.1. The highest BCUT2D eigenvalue weighted by atomic mass is 16.9. The zero-order valence-corrected chi connectivity index (χ0v) is 22.9. The summed E-state index contributed by atoms with van der Waals surface area (Å²) in [5, 5.41) is 34.8. The number of hydrogen-bond donors (Lipinski definition) is 3. The van der Waals surface area contributed by atoms with Crippen LogP contribution in [0.4, 0.5) is 0 Å². The zero-order chi connectivity index (χ0) is 28.5. The molecule has 0 amide bonds. The third-order valence-corrected chi connectivity index (χ3v) is 12.8. The smallest absolute Gasteiger partial charge is 0.306 e. The molecule has 3 aliphatic heterocycles. The highest BCUT2D eigenvalue weighted by Crippen LogP contribution is 2.85. The van der Waals surface area contributed by atoms with Crippen LogP contribution in [0.15, 0.2) is 23.0 Å². The molecule has 4 saturated carbocycles. The van der Waals surface area contributed by atoms with Crippen LogP contribution in [0.25, 0.3) is 0 Å². The Labute approximate surface area is 230 Å². The number of fused-ring (bicyclic) bond motifs is 4. The highest BCUT2D eigenvalue weighted by Gasteiger charge is 2.97. The van der Waals surface area contributed by atoms with Gasteiger partial charge in [0.05, 0.1) is 30.0 Å². The van der Waals surface area contributed by atoms with Crippen molar-refractivity contribution in [3.05, 3.63) is 24.2 Å². The molecule has 40 heavy (non-hydrogen) atoms. The molecule has 11 nitrogen and oxygen atoms in total. The van der Waals surface area contributed by atoms with Crippen molar-refractivity contribution in [2.24, 2.45) is 28.1 Å². The molecule has 4 aliphatic carbocycles. The number of hydrogen-bond acceptors (Lipinski definition) is 10. The van der Waals surface area contributed by atoms with Gasteiger partial charge in [-0.05, 0) is 31.2 Å². The summed E-state index contributed by atoms with van der Waals surface area (Å²) in [4.78, 5) is 40.0. The molecule has 1 aromatic rings. The van der Waals surface area contributed by atoms with Crippen molar-refractivity contribution >= 4 is 17.7 Å². The van der Waals surface area contributed by atoms with Gasteiger partial charge in [0.1, 0.15) is 23.1 Å². The van der Waals surface area contributed by atoms with Gasteiger partial charge >= 0.3 is 11.9 Å². The van der Waals surface area contributed by atoms with Crippen LogP contribution in [-0.2, 0) is 28.5 Å². The molecule has 4 heterocycles. The first-order chi connectivity index (χ1) is 18.6. The fraction of sp³-hybridized carbons (Fsp3) is 0.759. The van der Waals surface area contributed by atoms with Gasteiger partial charge in [-0.1, -0.05) is 20.8 Å². The van der Waals surface area contributed by atoms with Crippen LogP contribution in [-0.4, -0.2) is 73.6 Å².